The van der Waals surface area contributed by atoms with Crippen LogP contribution in [0, 0.1) is 5.41 Å². The van der Waals surface area contributed by atoms with Gasteiger partial charge in [0.05, 0.1) is 6.42 Å². The molecular formula is C17H27NO2S. The lowest BCUT2D eigenvalue weighted by Gasteiger charge is -2.30. The highest BCUT2D eigenvalue weighted by molar-refractivity contribution is 7.12. The first-order valence-electron chi connectivity index (χ1n) is 7.79. The van der Waals surface area contributed by atoms with E-state index >= 15 is 0 Å². The Kier molecular flexibility index (Phi) is 4.79. The number of carboxylic acid groups (broad SMARTS) is 1. The highest BCUT2D eigenvalue weighted by Gasteiger charge is 2.38. The fourth-order valence-corrected chi connectivity index (χ4v) is 4.49. The predicted molar refractivity (Wildman–Crippen MR) is 87.7 cm³/mol. The van der Waals surface area contributed by atoms with Gasteiger partial charge in [0.15, 0.2) is 0 Å². The first-order valence-corrected chi connectivity index (χ1v) is 8.61. The maximum atomic E-state index is 11.2. The van der Waals surface area contributed by atoms with E-state index in [1.165, 1.54) is 9.75 Å². The maximum absolute atomic E-state index is 11.2. The highest BCUT2D eigenvalue weighted by Crippen LogP contribution is 2.47. The molecule has 118 valence electrons. The van der Waals surface area contributed by atoms with Gasteiger partial charge in [0.2, 0.25) is 0 Å². The molecular weight excluding hydrogens is 282 g/mol. The molecule has 0 aromatic carbocycles. The normalized spacial score (nSPS) is 19.6. The van der Waals surface area contributed by atoms with Crippen molar-refractivity contribution in [1.29, 1.82) is 0 Å². The average molecular weight is 309 g/mol. The van der Waals surface area contributed by atoms with Crippen molar-refractivity contribution >= 4 is 17.3 Å². The lowest BCUT2D eigenvalue weighted by atomic mass is 9.77. The van der Waals surface area contributed by atoms with Crippen LogP contribution in [0.3, 0.4) is 0 Å². The predicted octanol–water partition coefficient (Wildman–Crippen LogP) is 4.47. The molecule has 1 aromatic rings. The van der Waals surface area contributed by atoms with Crippen molar-refractivity contribution in [2.24, 2.45) is 11.1 Å². The van der Waals surface area contributed by atoms with E-state index in [-0.39, 0.29) is 23.3 Å². The largest absolute Gasteiger partial charge is 0.481 e. The molecule has 1 aromatic heterocycles. The highest BCUT2D eigenvalue weighted by atomic mass is 32.1. The van der Waals surface area contributed by atoms with E-state index in [4.69, 9.17) is 5.73 Å². The molecule has 1 atom stereocenters. The molecule has 1 fully saturated rings. The summed E-state index contributed by atoms with van der Waals surface area (Å²) in [7, 11) is 0. The summed E-state index contributed by atoms with van der Waals surface area (Å²) < 4.78 is 0. The molecule has 3 N–H and O–H groups in total. The second-order valence-electron chi connectivity index (χ2n) is 7.54. The zero-order valence-corrected chi connectivity index (χ0v) is 14.1. The lowest BCUT2D eigenvalue weighted by Crippen LogP contribution is -2.26. The van der Waals surface area contributed by atoms with Gasteiger partial charge in [0.1, 0.15) is 0 Å². The van der Waals surface area contributed by atoms with E-state index in [2.05, 4.69) is 32.9 Å². The Hall–Kier alpha value is -0.870. The van der Waals surface area contributed by atoms with Gasteiger partial charge in [0, 0.05) is 15.8 Å². The van der Waals surface area contributed by atoms with Gasteiger partial charge >= 0.3 is 5.97 Å². The van der Waals surface area contributed by atoms with Crippen LogP contribution < -0.4 is 5.73 Å². The molecule has 21 heavy (non-hydrogen) atoms. The van der Waals surface area contributed by atoms with Crippen LogP contribution in [0.25, 0.3) is 0 Å². The van der Waals surface area contributed by atoms with Gasteiger partial charge in [-0.05, 0) is 42.2 Å². The van der Waals surface area contributed by atoms with Crippen LogP contribution in [0.15, 0.2) is 12.1 Å². The van der Waals surface area contributed by atoms with E-state index < -0.39 is 5.97 Å². The van der Waals surface area contributed by atoms with Crippen molar-refractivity contribution in [3.8, 4) is 0 Å². The van der Waals surface area contributed by atoms with E-state index in [0.717, 1.165) is 32.1 Å². The van der Waals surface area contributed by atoms with Crippen LogP contribution in [-0.4, -0.2) is 11.1 Å². The number of carboxylic acids is 1. The molecule has 2 rings (SSSR count). The zero-order valence-electron chi connectivity index (χ0n) is 13.3. The summed E-state index contributed by atoms with van der Waals surface area (Å²) >= 11 is 1.78. The minimum absolute atomic E-state index is 0.0384. The van der Waals surface area contributed by atoms with Crippen molar-refractivity contribution in [2.75, 3.05) is 0 Å². The summed E-state index contributed by atoms with van der Waals surface area (Å²) in [4.78, 5) is 13.7. The molecule has 4 heteroatoms. The quantitative estimate of drug-likeness (QED) is 0.843. The van der Waals surface area contributed by atoms with Crippen molar-refractivity contribution < 1.29 is 9.90 Å². The summed E-state index contributed by atoms with van der Waals surface area (Å²) in [6, 6.07) is 4.25. The number of nitrogens with two attached hydrogens (primary N) is 1. The number of carbonyl (C=O) groups is 1. The van der Waals surface area contributed by atoms with Gasteiger partial charge in [-0.1, -0.05) is 33.6 Å². The molecule has 0 amide bonds. The summed E-state index contributed by atoms with van der Waals surface area (Å²) in [6.07, 6.45) is 5.34. The number of hydrogen-bond donors (Lipinski definition) is 2. The third kappa shape index (κ3) is 4.07. The molecule has 0 radical (unpaired) electrons. The van der Waals surface area contributed by atoms with Crippen LogP contribution in [-0.2, 0) is 10.2 Å². The molecule has 1 heterocycles. The Balaban J connectivity index is 2.10. The standard InChI is InChI=1S/C17H27NO2S/c1-16(2,3)14-7-6-13(21-14)12(18)10-17(11-15(19)20)8-4-5-9-17/h6-7,12H,4-5,8-11,18H2,1-3H3,(H,19,20). The monoisotopic (exact) mass is 309 g/mol. The number of aliphatic carboxylic acids is 1. The molecule has 0 aliphatic heterocycles. The second-order valence-corrected chi connectivity index (χ2v) is 8.66. The molecule has 0 spiro atoms. The van der Waals surface area contributed by atoms with Gasteiger partial charge < -0.3 is 10.8 Å². The zero-order chi connectivity index (χ0) is 15.7. The average Bonchev–Trinajstić information content (AvgIpc) is 2.95. The Labute approximate surface area is 131 Å². The van der Waals surface area contributed by atoms with Crippen molar-refractivity contribution in [3.05, 3.63) is 21.9 Å². The molecule has 3 nitrogen and oxygen atoms in total. The Morgan fingerprint density at radius 1 is 1.38 bits per heavy atom. The maximum Gasteiger partial charge on any atom is 0.303 e. The third-order valence-corrected chi connectivity index (χ3v) is 6.22. The molecule has 1 unspecified atom stereocenters. The summed E-state index contributed by atoms with van der Waals surface area (Å²) in [5.74, 6) is -0.689. The van der Waals surface area contributed by atoms with Crippen molar-refractivity contribution in [3.63, 3.8) is 0 Å². The fourth-order valence-electron chi connectivity index (χ4n) is 3.42. The minimum atomic E-state index is -0.689. The van der Waals surface area contributed by atoms with E-state index in [0.29, 0.717) is 0 Å². The summed E-state index contributed by atoms with van der Waals surface area (Å²) in [6.45, 7) is 6.62. The van der Waals surface area contributed by atoms with Crippen molar-refractivity contribution in [1.82, 2.24) is 0 Å². The van der Waals surface area contributed by atoms with Gasteiger partial charge in [-0.15, -0.1) is 11.3 Å². The second kappa shape index (κ2) is 6.09. The fraction of sp³-hybridized carbons (Fsp3) is 0.706. The Morgan fingerprint density at radius 3 is 2.48 bits per heavy atom. The van der Waals surface area contributed by atoms with Gasteiger partial charge in [-0.2, -0.15) is 0 Å². The topological polar surface area (TPSA) is 63.3 Å². The smallest absolute Gasteiger partial charge is 0.303 e. The third-order valence-electron chi connectivity index (χ3n) is 4.57. The van der Waals surface area contributed by atoms with E-state index in [1.54, 1.807) is 11.3 Å². The number of hydrogen-bond acceptors (Lipinski definition) is 3. The van der Waals surface area contributed by atoms with Gasteiger partial charge in [-0.25, -0.2) is 0 Å². The number of thiophene rings is 1. The van der Waals surface area contributed by atoms with Crippen molar-refractivity contribution in [2.45, 2.75) is 70.8 Å². The Bertz CT molecular complexity index is 495. The first kappa shape index (κ1) is 16.5. The van der Waals surface area contributed by atoms with E-state index in [1.807, 2.05) is 0 Å². The number of rotatable bonds is 5. The molecule has 0 bridgehead atoms. The Morgan fingerprint density at radius 2 is 2.00 bits per heavy atom. The van der Waals surface area contributed by atoms with E-state index in [9.17, 15) is 9.90 Å². The van der Waals surface area contributed by atoms with Gasteiger partial charge in [-0.3, -0.25) is 4.79 Å². The molecule has 1 saturated carbocycles. The first-order chi connectivity index (χ1) is 9.72. The van der Waals surface area contributed by atoms with Crippen LogP contribution in [0.2, 0.25) is 0 Å². The SMILES string of the molecule is CC(C)(C)c1ccc(C(N)CC2(CC(=O)O)CCCC2)s1. The van der Waals surface area contributed by atoms with Crippen LogP contribution in [0.5, 0.6) is 0 Å². The van der Waals surface area contributed by atoms with Gasteiger partial charge in [0.25, 0.3) is 0 Å². The molecule has 0 saturated heterocycles. The summed E-state index contributed by atoms with van der Waals surface area (Å²) in [5, 5.41) is 9.20. The minimum Gasteiger partial charge on any atom is -0.481 e. The van der Waals surface area contributed by atoms with Crippen LogP contribution >= 0.6 is 11.3 Å². The molecule has 1 aliphatic carbocycles. The van der Waals surface area contributed by atoms with Crippen LogP contribution in [0.4, 0.5) is 0 Å². The lowest BCUT2D eigenvalue weighted by molar-refractivity contribution is -0.139. The molecule has 1 aliphatic rings. The summed E-state index contributed by atoms with van der Waals surface area (Å²) in [5.41, 5.74) is 6.47. The van der Waals surface area contributed by atoms with Crippen LogP contribution in [0.1, 0.15) is 75.1 Å².